The second kappa shape index (κ2) is 5.79. The minimum Gasteiger partial charge on any atom is -0.298 e. The van der Waals surface area contributed by atoms with Gasteiger partial charge in [0.2, 0.25) is 0 Å². The van der Waals surface area contributed by atoms with E-state index in [2.05, 4.69) is 10.9 Å². The fourth-order valence-electron chi connectivity index (χ4n) is 1.47. The van der Waals surface area contributed by atoms with Crippen molar-refractivity contribution in [2.75, 3.05) is 5.43 Å². The molecular formula is C13H10FN3O3. The highest BCUT2D eigenvalue weighted by Crippen LogP contribution is 2.14. The van der Waals surface area contributed by atoms with Gasteiger partial charge in [-0.05, 0) is 36.4 Å². The average molecular weight is 275 g/mol. The molecule has 0 unspecified atom stereocenters. The van der Waals surface area contributed by atoms with Gasteiger partial charge in [-0.25, -0.2) is 4.39 Å². The van der Waals surface area contributed by atoms with Gasteiger partial charge in [-0.3, -0.25) is 25.8 Å². The number of hydrazine groups is 1. The molecule has 0 aliphatic heterocycles. The zero-order chi connectivity index (χ0) is 14.5. The molecular weight excluding hydrogens is 265 g/mol. The molecule has 20 heavy (non-hydrogen) atoms. The van der Waals surface area contributed by atoms with Crippen LogP contribution in [-0.4, -0.2) is 10.8 Å². The first-order valence-electron chi connectivity index (χ1n) is 5.62. The van der Waals surface area contributed by atoms with E-state index in [1.807, 2.05) is 0 Å². The lowest BCUT2D eigenvalue weighted by Gasteiger charge is -2.08. The summed E-state index contributed by atoms with van der Waals surface area (Å²) in [5.41, 5.74) is 5.75. The van der Waals surface area contributed by atoms with E-state index in [0.29, 0.717) is 11.3 Å². The molecule has 0 aliphatic carbocycles. The molecule has 2 N–H and O–H groups in total. The van der Waals surface area contributed by atoms with Crippen LogP contribution < -0.4 is 10.9 Å². The zero-order valence-electron chi connectivity index (χ0n) is 10.2. The molecule has 0 fully saturated rings. The van der Waals surface area contributed by atoms with Crippen molar-refractivity contribution < 1.29 is 14.1 Å². The zero-order valence-corrected chi connectivity index (χ0v) is 10.2. The molecule has 7 heteroatoms. The monoisotopic (exact) mass is 275 g/mol. The SMILES string of the molecule is O=C(NNc1ccc([N+](=O)[O-])cc1)c1ccc(F)cc1. The molecule has 0 radical (unpaired) electrons. The molecule has 0 atom stereocenters. The Kier molecular flexibility index (Phi) is 3.90. The number of nitrogens with one attached hydrogen (secondary N) is 2. The number of amides is 1. The number of carbonyl (C=O) groups is 1. The average Bonchev–Trinajstić information content (AvgIpc) is 2.46. The van der Waals surface area contributed by atoms with E-state index in [4.69, 9.17) is 0 Å². The minimum atomic E-state index is -0.513. The van der Waals surface area contributed by atoms with Crippen molar-refractivity contribution in [2.24, 2.45) is 0 Å². The van der Waals surface area contributed by atoms with Crippen LogP contribution in [0.1, 0.15) is 10.4 Å². The summed E-state index contributed by atoms with van der Waals surface area (Å²) < 4.78 is 12.7. The van der Waals surface area contributed by atoms with Crippen molar-refractivity contribution in [2.45, 2.75) is 0 Å². The van der Waals surface area contributed by atoms with E-state index in [-0.39, 0.29) is 5.69 Å². The quantitative estimate of drug-likeness (QED) is 0.663. The van der Waals surface area contributed by atoms with E-state index in [0.717, 1.165) is 0 Å². The van der Waals surface area contributed by atoms with Gasteiger partial charge in [-0.2, -0.15) is 0 Å². The summed E-state index contributed by atoms with van der Waals surface area (Å²) in [7, 11) is 0. The van der Waals surface area contributed by atoms with Gasteiger partial charge >= 0.3 is 0 Å². The van der Waals surface area contributed by atoms with E-state index in [9.17, 15) is 19.3 Å². The second-order valence-electron chi connectivity index (χ2n) is 3.89. The molecule has 0 aromatic heterocycles. The maximum atomic E-state index is 12.7. The van der Waals surface area contributed by atoms with Gasteiger partial charge in [0, 0.05) is 17.7 Å². The summed E-state index contributed by atoms with van der Waals surface area (Å²) in [4.78, 5) is 21.7. The fourth-order valence-corrected chi connectivity index (χ4v) is 1.47. The Hall–Kier alpha value is -2.96. The van der Waals surface area contributed by atoms with Crippen molar-refractivity contribution in [3.8, 4) is 0 Å². The van der Waals surface area contributed by atoms with Crippen LogP contribution in [0.2, 0.25) is 0 Å². The normalized spacial score (nSPS) is 9.85. The van der Waals surface area contributed by atoms with Crippen LogP contribution in [0.4, 0.5) is 15.8 Å². The number of non-ortho nitro benzene ring substituents is 1. The first kappa shape index (κ1) is 13.5. The number of carbonyl (C=O) groups excluding carboxylic acids is 1. The maximum absolute atomic E-state index is 12.7. The van der Waals surface area contributed by atoms with Crippen LogP contribution in [0, 0.1) is 15.9 Å². The predicted octanol–water partition coefficient (Wildman–Crippen LogP) is 2.49. The maximum Gasteiger partial charge on any atom is 0.269 e. The Labute approximate surface area is 113 Å². The van der Waals surface area contributed by atoms with Gasteiger partial charge in [0.15, 0.2) is 0 Å². The molecule has 1 amide bonds. The lowest BCUT2D eigenvalue weighted by Crippen LogP contribution is -2.29. The van der Waals surface area contributed by atoms with Crippen molar-refractivity contribution in [1.29, 1.82) is 0 Å². The van der Waals surface area contributed by atoms with E-state index in [1.54, 1.807) is 0 Å². The van der Waals surface area contributed by atoms with E-state index >= 15 is 0 Å². The lowest BCUT2D eigenvalue weighted by molar-refractivity contribution is -0.384. The number of benzene rings is 2. The van der Waals surface area contributed by atoms with Gasteiger partial charge < -0.3 is 0 Å². The molecule has 0 heterocycles. The summed E-state index contributed by atoms with van der Waals surface area (Å²) in [5, 5.41) is 10.5. The van der Waals surface area contributed by atoms with E-state index in [1.165, 1.54) is 48.5 Å². The third-order valence-electron chi connectivity index (χ3n) is 2.50. The van der Waals surface area contributed by atoms with Crippen LogP contribution in [0.5, 0.6) is 0 Å². The molecule has 6 nitrogen and oxygen atoms in total. The molecule has 0 saturated carbocycles. The van der Waals surface area contributed by atoms with Crippen LogP contribution in [0.15, 0.2) is 48.5 Å². The van der Waals surface area contributed by atoms with Gasteiger partial charge in [0.25, 0.3) is 11.6 Å². The van der Waals surface area contributed by atoms with Crippen LogP contribution in [0.3, 0.4) is 0 Å². The highest BCUT2D eigenvalue weighted by Gasteiger charge is 2.06. The van der Waals surface area contributed by atoms with Gasteiger partial charge in [0.05, 0.1) is 10.6 Å². The smallest absolute Gasteiger partial charge is 0.269 e. The molecule has 102 valence electrons. The Balaban J connectivity index is 1.96. The van der Waals surface area contributed by atoms with E-state index < -0.39 is 16.6 Å². The van der Waals surface area contributed by atoms with Crippen LogP contribution in [0.25, 0.3) is 0 Å². The summed E-state index contributed by atoms with van der Waals surface area (Å²) >= 11 is 0. The molecule has 0 saturated heterocycles. The van der Waals surface area contributed by atoms with Gasteiger partial charge in [-0.1, -0.05) is 0 Å². The summed E-state index contributed by atoms with van der Waals surface area (Å²) in [6, 6.07) is 10.6. The minimum absolute atomic E-state index is 0.0413. The fraction of sp³-hybridized carbons (Fsp3) is 0. The van der Waals surface area contributed by atoms with Gasteiger partial charge in [0.1, 0.15) is 5.82 Å². The van der Waals surface area contributed by atoms with Crippen molar-refractivity contribution in [1.82, 2.24) is 5.43 Å². The Morgan fingerprint density at radius 2 is 1.65 bits per heavy atom. The van der Waals surface area contributed by atoms with Gasteiger partial charge in [-0.15, -0.1) is 0 Å². The Morgan fingerprint density at radius 1 is 1.05 bits per heavy atom. The molecule has 0 aliphatic rings. The topological polar surface area (TPSA) is 84.3 Å². The number of nitrogens with zero attached hydrogens (tertiary/aromatic N) is 1. The standard InChI is InChI=1S/C13H10FN3O3/c14-10-3-1-9(2-4-10)13(18)16-15-11-5-7-12(8-6-11)17(19)20/h1-8,15H,(H,16,18). The number of nitro benzene ring substituents is 1. The number of hydrogen-bond donors (Lipinski definition) is 2. The largest absolute Gasteiger partial charge is 0.298 e. The van der Waals surface area contributed by atoms with Crippen molar-refractivity contribution in [3.63, 3.8) is 0 Å². The highest BCUT2D eigenvalue weighted by atomic mass is 19.1. The predicted molar refractivity (Wildman–Crippen MR) is 70.6 cm³/mol. The molecule has 2 aromatic carbocycles. The lowest BCUT2D eigenvalue weighted by atomic mass is 10.2. The number of halogens is 1. The molecule has 2 rings (SSSR count). The second-order valence-corrected chi connectivity index (χ2v) is 3.89. The number of rotatable bonds is 4. The summed E-state index contributed by atoms with van der Waals surface area (Å²) in [5.74, 6) is -0.867. The highest BCUT2D eigenvalue weighted by molar-refractivity contribution is 5.94. The third-order valence-corrected chi connectivity index (χ3v) is 2.50. The first-order chi connectivity index (χ1) is 9.56. The summed E-state index contributed by atoms with van der Waals surface area (Å²) in [6.45, 7) is 0. The molecule has 0 spiro atoms. The Bertz CT molecular complexity index is 626. The third kappa shape index (κ3) is 3.29. The van der Waals surface area contributed by atoms with Crippen LogP contribution in [-0.2, 0) is 0 Å². The molecule has 2 aromatic rings. The van der Waals surface area contributed by atoms with Crippen molar-refractivity contribution >= 4 is 17.3 Å². The number of nitro groups is 1. The van der Waals surface area contributed by atoms with Crippen molar-refractivity contribution in [3.05, 3.63) is 70.0 Å². The van der Waals surface area contributed by atoms with Crippen LogP contribution >= 0.6 is 0 Å². The number of anilines is 1. The first-order valence-corrected chi connectivity index (χ1v) is 5.62. The number of hydrogen-bond acceptors (Lipinski definition) is 4. The summed E-state index contributed by atoms with van der Waals surface area (Å²) in [6.07, 6.45) is 0. The molecule has 0 bridgehead atoms. The Morgan fingerprint density at radius 3 is 2.20 bits per heavy atom.